The van der Waals surface area contributed by atoms with Crippen molar-refractivity contribution in [2.24, 2.45) is 0 Å². The molecule has 0 amide bonds. The largest absolute Gasteiger partial charge is 0.508 e. The number of carbonyl (C=O) groups is 1. The number of phenolic OH excluding ortho intramolecular Hbond substituents is 3. The number of hydrogen-bond donors (Lipinski definition) is 4. The first-order valence-electron chi connectivity index (χ1n) is 6.07. The molecule has 6 nitrogen and oxygen atoms in total. The van der Waals surface area contributed by atoms with Crippen LogP contribution in [0.15, 0.2) is 24.3 Å². The molecule has 0 aliphatic carbocycles. The van der Waals surface area contributed by atoms with Crippen molar-refractivity contribution in [1.82, 2.24) is 0 Å². The van der Waals surface area contributed by atoms with Gasteiger partial charge in [-0.3, -0.25) is 0 Å². The van der Waals surface area contributed by atoms with Gasteiger partial charge in [0.2, 0.25) is 0 Å². The summed E-state index contributed by atoms with van der Waals surface area (Å²) in [5.74, 6) is -1.90. The minimum Gasteiger partial charge on any atom is -0.508 e. The van der Waals surface area contributed by atoms with Crippen molar-refractivity contribution in [3.05, 3.63) is 41.0 Å². The summed E-state index contributed by atoms with van der Waals surface area (Å²) in [4.78, 5) is 11.3. The normalized spacial score (nSPS) is 10.4. The molecule has 2 rings (SSSR count). The molecule has 0 atom stereocenters. The van der Waals surface area contributed by atoms with E-state index in [0.717, 1.165) is 12.1 Å². The van der Waals surface area contributed by atoms with Crippen LogP contribution in [0, 0.1) is 13.8 Å². The number of phenols is 3. The highest BCUT2D eigenvalue weighted by Crippen LogP contribution is 2.39. The van der Waals surface area contributed by atoms with Gasteiger partial charge in [-0.15, -0.1) is 0 Å². The van der Waals surface area contributed by atoms with Gasteiger partial charge in [-0.2, -0.15) is 0 Å². The molecule has 21 heavy (non-hydrogen) atoms. The number of carboxylic acid groups (broad SMARTS) is 1. The van der Waals surface area contributed by atoms with E-state index in [-0.39, 0.29) is 34.3 Å². The van der Waals surface area contributed by atoms with E-state index in [1.165, 1.54) is 19.1 Å². The van der Waals surface area contributed by atoms with Crippen LogP contribution in [0.25, 0.3) is 0 Å². The Hall–Kier alpha value is -2.89. The third kappa shape index (κ3) is 2.84. The quantitative estimate of drug-likeness (QED) is 0.692. The summed E-state index contributed by atoms with van der Waals surface area (Å²) in [5, 5.41) is 38.0. The second-order valence-corrected chi connectivity index (χ2v) is 4.65. The van der Waals surface area contributed by atoms with Gasteiger partial charge in [0.1, 0.15) is 22.8 Å². The summed E-state index contributed by atoms with van der Waals surface area (Å²) in [6.45, 7) is 3.12. The summed E-state index contributed by atoms with van der Waals surface area (Å²) in [7, 11) is 0. The number of hydrogen-bond acceptors (Lipinski definition) is 5. The van der Waals surface area contributed by atoms with Crippen LogP contribution in [0.5, 0.6) is 28.7 Å². The average Bonchev–Trinajstić information content (AvgIpc) is 2.32. The second kappa shape index (κ2) is 5.24. The van der Waals surface area contributed by atoms with Crippen molar-refractivity contribution >= 4 is 5.97 Å². The predicted molar refractivity (Wildman–Crippen MR) is 74.4 cm³/mol. The minimum atomic E-state index is -1.21. The number of ether oxygens (including phenoxy) is 1. The summed E-state index contributed by atoms with van der Waals surface area (Å²) in [5.41, 5.74) is 0.637. The average molecular weight is 290 g/mol. The molecular weight excluding hydrogens is 276 g/mol. The monoisotopic (exact) mass is 290 g/mol. The standard InChI is InChI=1S/C15H14O6/c1-7-3-10(17)6-12(13(7)15(19)20)21-14-8(2)4-9(16)5-11(14)18/h3-6,16-18H,1-2H3,(H,19,20). The van der Waals surface area contributed by atoms with E-state index in [1.807, 2.05) is 0 Å². The van der Waals surface area contributed by atoms with Gasteiger partial charge in [0.25, 0.3) is 0 Å². The molecule has 110 valence electrons. The zero-order chi connectivity index (χ0) is 15.7. The lowest BCUT2D eigenvalue weighted by molar-refractivity contribution is 0.0693. The maximum Gasteiger partial charge on any atom is 0.339 e. The molecule has 2 aromatic carbocycles. The molecule has 0 radical (unpaired) electrons. The molecule has 6 heteroatoms. The molecular formula is C15H14O6. The zero-order valence-electron chi connectivity index (χ0n) is 11.4. The van der Waals surface area contributed by atoms with Crippen LogP contribution >= 0.6 is 0 Å². The van der Waals surface area contributed by atoms with Crippen molar-refractivity contribution < 1.29 is 30.0 Å². The molecule has 0 aliphatic rings. The number of benzene rings is 2. The number of aromatic carboxylic acids is 1. The Morgan fingerprint density at radius 3 is 2.10 bits per heavy atom. The highest BCUT2D eigenvalue weighted by atomic mass is 16.5. The Labute approximate surface area is 120 Å². The van der Waals surface area contributed by atoms with E-state index in [4.69, 9.17) is 4.74 Å². The molecule has 0 spiro atoms. The highest BCUT2D eigenvalue weighted by molar-refractivity contribution is 5.93. The predicted octanol–water partition coefficient (Wildman–Crippen LogP) is 2.91. The van der Waals surface area contributed by atoms with Gasteiger partial charge in [-0.05, 0) is 37.1 Å². The first kappa shape index (κ1) is 14.5. The topological polar surface area (TPSA) is 107 Å². The van der Waals surface area contributed by atoms with E-state index in [2.05, 4.69) is 0 Å². The Morgan fingerprint density at radius 1 is 0.952 bits per heavy atom. The lowest BCUT2D eigenvalue weighted by atomic mass is 10.1. The van der Waals surface area contributed by atoms with E-state index >= 15 is 0 Å². The maximum absolute atomic E-state index is 11.3. The van der Waals surface area contributed by atoms with Crippen LogP contribution in [0.4, 0.5) is 0 Å². The second-order valence-electron chi connectivity index (χ2n) is 4.65. The fourth-order valence-corrected chi connectivity index (χ4v) is 2.07. The molecule has 0 aliphatic heterocycles. The lowest BCUT2D eigenvalue weighted by Crippen LogP contribution is -2.03. The number of carboxylic acids is 1. The molecule has 0 unspecified atom stereocenters. The van der Waals surface area contributed by atoms with Gasteiger partial charge in [-0.25, -0.2) is 4.79 Å². The first-order valence-corrected chi connectivity index (χ1v) is 6.07. The Bertz CT molecular complexity index is 697. The van der Waals surface area contributed by atoms with Crippen LogP contribution in [-0.2, 0) is 0 Å². The van der Waals surface area contributed by atoms with Gasteiger partial charge in [-0.1, -0.05) is 0 Å². The molecule has 0 fully saturated rings. The molecule has 0 saturated carbocycles. The van der Waals surface area contributed by atoms with E-state index < -0.39 is 5.97 Å². The zero-order valence-corrected chi connectivity index (χ0v) is 11.4. The minimum absolute atomic E-state index is 0.0142. The summed E-state index contributed by atoms with van der Waals surface area (Å²) in [6.07, 6.45) is 0. The smallest absolute Gasteiger partial charge is 0.339 e. The van der Waals surface area contributed by atoms with Gasteiger partial charge in [0.05, 0.1) is 0 Å². The van der Waals surface area contributed by atoms with Crippen LogP contribution in [-0.4, -0.2) is 26.4 Å². The van der Waals surface area contributed by atoms with Gasteiger partial charge < -0.3 is 25.2 Å². The number of aryl methyl sites for hydroxylation is 2. The van der Waals surface area contributed by atoms with Crippen molar-refractivity contribution in [1.29, 1.82) is 0 Å². The van der Waals surface area contributed by atoms with E-state index in [0.29, 0.717) is 11.1 Å². The molecule has 0 heterocycles. The molecule has 0 bridgehead atoms. The molecule has 0 aromatic heterocycles. The van der Waals surface area contributed by atoms with Crippen LogP contribution < -0.4 is 4.74 Å². The van der Waals surface area contributed by atoms with Crippen molar-refractivity contribution in [3.8, 4) is 28.7 Å². The van der Waals surface area contributed by atoms with Crippen molar-refractivity contribution in [2.45, 2.75) is 13.8 Å². The van der Waals surface area contributed by atoms with Crippen molar-refractivity contribution in [3.63, 3.8) is 0 Å². The number of aromatic hydroxyl groups is 3. The third-order valence-electron chi connectivity index (χ3n) is 2.95. The summed E-state index contributed by atoms with van der Waals surface area (Å²) in [6, 6.07) is 4.91. The lowest BCUT2D eigenvalue weighted by Gasteiger charge is -2.14. The van der Waals surface area contributed by atoms with E-state index in [9.17, 15) is 25.2 Å². The summed E-state index contributed by atoms with van der Waals surface area (Å²) >= 11 is 0. The van der Waals surface area contributed by atoms with Crippen LogP contribution in [0.2, 0.25) is 0 Å². The van der Waals surface area contributed by atoms with Gasteiger partial charge in [0, 0.05) is 12.1 Å². The third-order valence-corrected chi connectivity index (χ3v) is 2.95. The Morgan fingerprint density at radius 2 is 1.52 bits per heavy atom. The Kier molecular flexibility index (Phi) is 3.62. The first-order chi connectivity index (χ1) is 9.79. The van der Waals surface area contributed by atoms with Crippen LogP contribution in [0.3, 0.4) is 0 Å². The Balaban J connectivity index is 2.57. The van der Waals surface area contributed by atoms with Crippen LogP contribution in [0.1, 0.15) is 21.5 Å². The SMILES string of the molecule is Cc1cc(O)cc(O)c1Oc1cc(O)cc(C)c1C(=O)O. The fraction of sp³-hybridized carbons (Fsp3) is 0.133. The summed E-state index contributed by atoms with van der Waals surface area (Å²) < 4.78 is 5.45. The van der Waals surface area contributed by atoms with E-state index in [1.54, 1.807) is 6.92 Å². The fourth-order valence-electron chi connectivity index (χ4n) is 2.07. The highest BCUT2D eigenvalue weighted by Gasteiger charge is 2.19. The molecule has 0 saturated heterocycles. The maximum atomic E-state index is 11.3. The van der Waals surface area contributed by atoms with Gasteiger partial charge in [0.15, 0.2) is 11.5 Å². The van der Waals surface area contributed by atoms with Gasteiger partial charge >= 0.3 is 5.97 Å². The molecule has 4 N–H and O–H groups in total. The number of rotatable bonds is 3. The van der Waals surface area contributed by atoms with Crippen molar-refractivity contribution in [2.75, 3.05) is 0 Å². The molecule has 2 aromatic rings.